The van der Waals surface area contributed by atoms with Gasteiger partial charge in [0.05, 0.1) is 5.25 Å². The van der Waals surface area contributed by atoms with Crippen LogP contribution < -0.4 is 11.1 Å². The number of nitrogens with one attached hydrogen (secondary N) is 1. The Kier molecular flexibility index (Phi) is 4.74. The molecule has 6 heteroatoms. The average molecular weight is 254 g/mol. The molecule has 1 atom stereocenters. The smallest absolute Gasteiger partial charge is 0.233 e. The summed E-state index contributed by atoms with van der Waals surface area (Å²) in [5.41, 5.74) is 6.43. The van der Waals surface area contributed by atoms with Gasteiger partial charge in [0.2, 0.25) is 5.91 Å². The molecule has 0 aliphatic rings. The van der Waals surface area contributed by atoms with E-state index in [1.165, 1.54) is 11.8 Å². The van der Waals surface area contributed by atoms with Crippen LogP contribution in [0.25, 0.3) is 0 Å². The monoisotopic (exact) mass is 254 g/mol. The molecule has 0 spiro atoms. The van der Waals surface area contributed by atoms with Crippen LogP contribution in [0.4, 0.5) is 5.82 Å². The molecule has 0 fully saturated rings. The van der Waals surface area contributed by atoms with E-state index < -0.39 is 0 Å². The normalized spacial score (nSPS) is 12.5. The predicted molar refractivity (Wildman–Crippen MR) is 69.8 cm³/mol. The Morgan fingerprint density at radius 2 is 2.06 bits per heavy atom. The Bertz CT molecular complexity index is 388. The first kappa shape index (κ1) is 13.8. The molecule has 5 nitrogen and oxygen atoms in total. The van der Waals surface area contributed by atoms with Crippen molar-refractivity contribution in [2.45, 2.75) is 44.1 Å². The van der Waals surface area contributed by atoms with Crippen LogP contribution in [0.2, 0.25) is 0 Å². The summed E-state index contributed by atoms with van der Waals surface area (Å²) in [5.74, 6) is 0.408. The first-order valence-corrected chi connectivity index (χ1v) is 6.34. The van der Waals surface area contributed by atoms with Crippen molar-refractivity contribution in [3.63, 3.8) is 0 Å². The van der Waals surface area contributed by atoms with Crippen molar-refractivity contribution < 1.29 is 4.79 Å². The summed E-state index contributed by atoms with van der Waals surface area (Å²) in [6, 6.07) is 1.83. The number of nitrogen functional groups attached to an aromatic ring is 1. The molecule has 0 aliphatic heterocycles. The molecule has 0 saturated heterocycles. The van der Waals surface area contributed by atoms with Crippen molar-refractivity contribution in [2.24, 2.45) is 0 Å². The van der Waals surface area contributed by atoms with Crippen molar-refractivity contribution in [2.75, 3.05) is 5.73 Å². The summed E-state index contributed by atoms with van der Waals surface area (Å²) in [4.78, 5) is 20.0. The van der Waals surface area contributed by atoms with Gasteiger partial charge in [-0.15, -0.1) is 0 Å². The molecule has 94 valence electrons. The molecule has 17 heavy (non-hydrogen) atoms. The number of aromatic nitrogens is 2. The van der Waals surface area contributed by atoms with Crippen LogP contribution in [0.5, 0.6) is 0 Å². The molecule has 0 radical (unpaired) electrons. The van der Waals surface area contributed by atoms with Crippen molar-refractivity contribution in [1.82, 2.24) is 15.3 Å². The number of rotatable bonds is 4. The molecular formula is C11H18N4OS. The lowest BCUT2D eigenvalue weighted by atomic mass is 10.3. The fraction of sp³-hybridized carbons (Fsp3) is 0.545. The highest BCUT2D eigenvalue weighted by Crippen LogP contribution is 2.20. The number of hydrogen-bond acceptors (Lipinski definition) is 5. The molecule has 0 aliphatic carbocycles. The summed E-state index contributed by atoms with van der Waals surface area (Å²) in [5, 5.41) is 3.14. The van der Waals surface area contributed by atoms with Crippen LogP contribution in [0.3, 0.4) is 0 Å². The second-order valence-corrected chi connectivity index (χ2v) is 5.45. The number of carbonyl (C=O) groups is 1. The maximum Gasteiger partial charge on any atom is 0.233 e. The third-order valence-electron chi connectivity index (χ3n) is 1.94. The highest BCUT2D eigenvalue weighted by molar-refractivity contribution is 8.00. The van der Waals surface area contributed by atoms with E-state index in [0.717, 1.165) is 5.69 Å². The molecular weight excluding hydrogens is 236 g/mol. The predicted octanol–water partition coefficient (Wildman–Crippen LogP) is 1.37. The molecule has 1 aromatic rings. The van der Waals surface area contributed by atoms with Gasteiger partial charge in [0.15, 0.2) is 5.16 Å². The summed E-state index contributed by atoms with van der Waals surface area (Å²) < 4.78 is 0. The lowest BCUT2D eigenvalue weighted by molar-refractivity contribution is -0.120. The van der Waals surface area contributed by atoms with Gasteiger partial charge in [-0.2, -0.15) is 0 Å². The SMILES string of the molecule is Cc1cc(N)nc(SC(C)C(=O)NC(C)C)n1. The van der Waals surface area contributed by atoms with E-state index in [0.29, 0.717) is 11.0 Å². The second-order valence-electron chi connectivity index (χ2n) is 4.14. The number of nitrogens with two attached hydrogens (primary N) is 1. The van der Waals surface area contributed by atoms with Crippen molar-refractivity contribution >= 4 is 23.5 Å². The minimum Gasteiger partial charge on any atom is -0.384 e. The fourth-order valence-corrected chi connectivity index (χ4v) is 2.08. The standard InChI is InChI=1S/C11H18N4OS/c1-6(2)13-10(16)8(4)17-11-14-7(3)5-9(12)15-11/h5-6,8H,1-4H3,(H,13,16)(H2,12,14,15). The van der Waals surface area contributed by atoms with E-state index in [1.54, 1.807) is 6.07 Å². The Labute approximate surface area is 106 Å². The van der Waals surface area contributed by atoms with Crippen LogP contribution in [0, 0.1) is 6.92 Å². The third kappa shape index (κ3) is 4.60. The molecule has 1 unspecified atom stereocenters. The van der Waals surface area contributed by atoms with E-state index in [2.05, 4.69) is 15.3 Å². The number of thioether (sulfide) groups is 1. The maximum atomic E-state index is 11.7. The zero-order valence-electron chi connectivity index (χ0n) is 10.5. The molecule has 3 N–H and O–H groups in total. The number of aryl methyl sites for hydroxylation is 1. The van der Waals surface area contributed by atoms with E-state index in [1.807, 2.05) is 27.7 Å². The zero-order valence-corrected chi connectivity index (χ0v) is 11.3. The summed E-state index contributed by atoms with van der Waals surface area (Å²) >= 11 is 1.31. The van der Waals surface area contributed by atoms with Crippen LogP contribution in [0.1, 0.15) is 26.5 Å². The van der Waals surface area contributed by atoms with Gasteiger partial charge >= 0.3 is 0 Å². The van der Waals surface area contributed by atoms with Crippen LogP contribution in [-0.2, 0) is 4.79 Å². The molecule has 1 heterocycles. The molecule has 0 aromatic carbocycles. The minimum atomic E-state index is -0.237. The van der Waals surface area contributed by atoms with Crippen molar-refractivity contribution in [3.8, 4) is 0 Å². The summed E-state index contributed by atoms with van der Waals surface area (Å²) in [7, 11) is 0. The Hall–Kier alpha value is -1.30. The molecule has 0 saturated carbocycles. The van der Waals surface area contributed by atoms with Gasteiger partial charge in [0, 0.05) is 17.8 Å². The summed E-state index contributed by atoms with van der Waals surface area (Å²) in [6.07, 6.45) is 0. The van der Waals surface area contributed by atoms with Gasteiger partial charge in [0.25, 0.3) is 0 Å². The average Bonchev–Trinajstić information content (AvgIpc) is 2.14. The van der Waals surface area contributed by atoms with Gasteiger partial charge in [0.1, 0.15) is 5.82 Å². The summed E-state index contributed by atoms with van der Waals surface area (Å²) in [6.45, 7) is 7.53. The first-order chi connectivity index (χ1) is 7.88. The fourth-order valence-electron chi connectivity index (χ4n) is 1.23. The largest absolute Gasteiger partial charge is 0.384 e. The van der Waals surface area contributed by atoms with Crippen LogP contribution >= 0.6 is 11.8 Å². The minimum absolute atomic E-state index is 0.0197. The lowest BCUT2D eigenvalue weighted by Gasteiger charge is -2.13. The number of carbonyl (C=O) groups excluding carboxylic acids is 1. The Balaban J connectivity index is 2.67. The lowest BCUT2D eigenvalue weighted by Crippen LogP contribution is -2.35. The van der Waals surface area contributed by atoms with Gasteiger partial charge in [-0.1, -0.05) is 11.8 Å². The van der Waals surface area contributed by atoms with Gasteiger partial charge in [-0.05, 0) is 27.7 Å². The zero-order chi connectivity index (χ0) is 13.0. The Morgan fingerprint density at radius 1 is 1.41 bits per heavy atom. The highest BCUT2D eigenvalue weighted by Gasteiger charge is 2.16. The van der Waals surface area contributed by atoms with Gasteiger partial charge in [-0.3, -0.25) is 4.79 Å². The van der Waals surface area contributed by atoms with Crippen LogP contribution in [0.15, 0.2) is 11.2 Å². The van der Waals surface area contributed by atoms with Crippen molar-refractivity contribution in [3.05, 3.63) is 11.8 Å². The molecule has 0 bridgehead atoms. The van der Waals surface area contributed by atoms with Gasteiger partial charge in [-0.25, -0.2) is 9.97 Å². The van der Waals surface area contributed by atoms with Crippen molar-refractivity contribution in [1.29, 1.82) is 0 Å². The topological polar surface area (TPSA) is 80.9 Å². The number of amides is 1. The number of nitrogens with zero attached hydrogens (tertiary/aromatic N) is 2. The highest BCUT2D eigenvalue weighted by atomic mass is 32.2. The second kappa shape index (κ2) is 5.86. The van der Waals surface area contributed by atoms with Gasteiger partial charge < -0.3 is 11.1 Å². The van der Waals surface area contributed by atoms with E-state index in [-0.39, 0.29) is 17.2 Å². The maximum absolute atomic E-state index is 11.7. The number of anilines is 1. The molecule has 1 aromatic heterocycles. The quantitative estimate of drug-likeness (QED) is 0.626. The third-order valence-corrected chi connectivity index (χ3v) is 2.90. The molecule has 1 amide bonds. The van der Waals surface area contributed by atoms with E-state index in [4.69, 9.17) is 5.73 Å². The van der Waals surface area contributed by atoms with Crippen LogP contribution in [-0.4, -0.2) is 27.2 Å². The Morgan fingerprint density at radius 3 is 2.59 bits per heavy atom. The van der Waals surface area contributed by atoms with E-state index >= 15 is 0 Å². The molecule has 1 rings (SSSR count). The number of hydrogen-bond donors (Lipinski definition) is 2. The first-order valence-electron chi connectivity index (χ1n) is 5.46. The van der Waals surface area contributed by atoms with E-state index in [9.17, 15) is 4.79 Å².